The summed E-state index contributed by atoms with van der Waals surface area (Å²) < 4.78 is 16.2. The number of hydrogen-bond acceptors (Lipinski definition) is 6. The summed E-state index contributed by atoms with van der Waals surface area (Å²) in [6.45, 7) is 3.90. The number of esters is 1. The Morgan fingerprint density at radius 2 is 1.64 bits per heavy atom. The van der Waals surface area contributed by atoms with Crippen molar-refractivity contribution in [2.45, 2.75) is 38.5 Å². The first-order chi connectivity index (χ1) is 16.0. The molecule has 0 fully saturated rings. The summed E-state index contributed by atoms with van der Waals surface area (Å²) in [6.07, 6.45) is 1.03. The number of rotatable bonds is 6. The zero-order chi connectivity index (χ0) is 23.5. The number of ether oxygens (including phenoxy) is 3. The highest BCUT2D eigenvalue weighted by molar-refractivity contribution is 6.04. The first-order valence-electron chi connectivity index (χ1n) is 11.2. The summed E-state index contributed by atoms with van der Waals surface area (Å²) in [4.78, 5) is 26.6. The fourth-order valence-electron chi connectivity index (χ4n) is 4.80. The molecule has 1 N–H and O–H groups in total. The van der Waals surface area contributed by atoms with Crippen LogP contribution in [0.25, 0.3) is 0 Å². The topological polar surface area (TPSA) is 73.9 Å². The van der Waals surface area contributed by atoms with Crippen LogP contribution in [-0.2, 0) is 14.3 Å². The smallest absolute Gasteiger partial charge is 0.336 e. The summed E-state index contributed by atoms with van der Waals surface area (Å²) >= 11 is 0. The number of nitrogens with one attached hydrogen (secondary N) is 1. The minimum atomic E-state index is -0.505. The van der Waals surface area contributed by atoms with Gasteiger partial charge in [0, 0.05) is 29.3 Å². The van der Waals surface area contributed by atoms with Crippen molar-refractivity contribution >= 4 is 11.8 Å². The van der Waals surface area contributed by atoms with Gasteiger partial charge in [-0.05, 0) is 61.6 Å². The molecule has 172 valence electrons. The Bertz CT molecular complexity index is 1150. The normalized spacial score (nSPS) is 20.2. The molecule has 0 saturated carbocycles. The van der Waals surface area contributed by atoms with E-state index in [1.54, 1.807) is 21.1 Å². The lowest BCUT2D eigenvalue weighted by Crippen LogP contribution is -2.36. The first-order valence-corrected chi connectivity index (χ1v) is 11.2. The van der Waals surface area contributed by atoms with Gasteiger partial charge >= 0.3 is 5.97 Å². The number of benzene rings is 2. The second kappa shape index (κ2) is 9.53. The standard InChI is InChI=1S/C27H29NO5/c1-5-33-27(30)24-16(2)28-22-14-19(17-8-6-10-20(12-17)31-3)15-23(29)26(22)25(24)18-9-7-11-21(13-18)32-4/h6-13,19,25,28H,5,14-15H2,1-4H3. The van der Waals surface area contributed by atoms with Crippen molar-refractivity contribution in [1.82, 2.24) is 5.32 Å². The van der Waals surface area contributed by atoms with Gasteiger partial charge in [0.2, 0.25) is 0 Å². The van der Waals surface area contributed by atoms with Crippen molar-refractivity contribution in [1.29, 1.82) is 0 Å². The van der Waals surface area contributed by atoms with E-state index in [-0.39, 0.29) is 18.3 Å². The number of dihydropyridines is 1. The van der Waals surface area contributed by atoms with E-state index in [1.165, 1.54) is 0 Å². The third kappa shape index (κ3) is 4.38. The number of carbonyl (C=O) groups is 2. The predicted octanol–water partition coefficient (Wildman–Crippen LogP) is 4.63. The van der Waals surface area contributed by atoms with Crippen molar-refractivity contribution in [3.05, 3.63) is 82.2 Å². The molecule has 6 nitrogen and oxygen atoms in total. The van der Waals surface area contributed by atoms with Crippen LogP contribution in [0, 0.1) is 0 Å². The molecule has 2 atom stereocenters. The lowest BCUT2D eigenvalue weighted by molar-refractivity contribution is -0.138. The van der Waals surface area contributed by atoms with Crippen molar-refractivity contribution in [2.75, 3.05) is 20.8 Å². The lowest BCUT2D eigenvalue weighted by atomic mass is 9.71. The van der Waals surface area contributed by atoms with Gasteiger partial charge < -0.3 is 19.5 Å². The Hall–Kier alpha value is -3.54. The number of ketones is 1. The zero-order valence-corrected chi connectivity index (χ0v) is 19.4. The molecule has 0 aromatic heterocycles. The summed E-state index contributed by atoms with van der Waals surface area (Å²) in [5.41, 5.74) is 4.57. The molecule has 0 amide bonds. The van der Waals surface area contributed by atoms with Gasteiger partial charge in [-0.15, -0.1) is 0 Å². The highest BCUT2D eigenvalue weighted by Gasteiger charge is 2.41. The van der Waals surface area contributed by atoms with E-state index < -0.39 is 11.9 Å². The molecule has 6 heteroatoms. The monoisotopic (exact) mass is 447 g/mol. The fraction of sp³-hybridized carbons (Fsp3) is 0.333. The van der Waals surface area contributed by atoms with E-state index in [0.29, 0.717) is 35.4 Å². The van der Waals surface area contributed by atoms with Crippen LogP contribution in [-0.4, -0.2) is 32.6 Å². The van der Waals surface area contributed by atoms with E-state index in [1.807, 2.05) is 55.5 Å². The molecule has 1 heterocycles. The molecule has 4 rings (SSSR count). The predicted molar refractivity (Wildman–Crippen MR) is 125 cm³/mol. The Labute approximate surface area is 194 Å². The van der Waals surface area contributed by atoms with Crippen molar-refractivity contribution < 1.29 is 23.8 Å². The zero-order valence-electron chi connectivity index (χ0n) is 19.4. The van der Waals surface area contributed by atoms with Crippen LogP contribution in [0.1, 0.15) is 49.7 Å². The SMILES string of the molecule is CCOC(=O)C1=C(C)NC2=C(C(=O)CC(c3cccc(OC)c3)C2)C1c1cccc(OC)c1. The van der Waals surface area contributed by atoms with Crippen molar-refractivity contribution in [3.63, 3.8) is 0 Å². The molecule has 2 aliphatic rings. The molecule has 2 unspecified atom stereocenters. The number of allylic oxidation sites excluding steroid dienone is 3. The molecule has 33 heavy (non-hydrogen) atoms. The van der Waals surface area contributed by atoms with Crippen LogP contribution in [0.15, 0.2) is 71.1 Å². The second-order valence-electron chi connectivity index (χ2n) is 8.29. The second-order valence-corrected chi connectivity index (χ2v) is 8.29. The summed E-state index contributed by atoms with van der Waals surface area (Å²) in [7, 11) is 3.24. The number of Topliss-reactive ketones (excluding diaryl/α,β-unsaturated/α-hetero) is 1. The minimum Gasteiger partial charge on any atom is -0.497 e. The van der Waals surface area contributed by atoms with E-state index in [4.69, 9.17) is 14.2 Å². The van der Waals surface area contributed by atoms with E-state index >= 15 is 0 Å². The van der Waals surface area contributed by atoms with Gasteiger partial charge in [0.1, 0.15) is 11.5 Å². The molecule has 1 aliphatic carbocycles. The Morgan fingerprint density at radius 3 is 2.27 bits per heavy atom. The average molecular weight is 448 g/mol. The largest absolute Gasteiger partial charge is 0.497 e. The van der Waals surface area contributed by atoms with Gasteiger partial charge in [-0.25, -0.2) is 4.79 Å². The highest BCUT2D eigenvalue weighted by atomic mass is 16.5. The Kier molecular flexibility index (Phi) is 6.54. The van der Waals surface area contributed by atoms with Gasteiger partial charge in [-0.3, -0.25) is 4.79 Å². The van der Waals surface area contributed by atoms with Gasteiger partial charge in [0.15, 0.2) is 5.78 Å². The quantitative estimate of drug-likeness (QED) is 0.651. The van der Waals surface area contributed by atoms with Crippen LogP contribution < -0.4 is 14.8 Å². The highest BCUT2D eigenvalue weighted by Crippen LogP contribution is 2.46. The Morgan fingerprint density at radius 1 is 1.00 bits per heavy atom. The van der Waals surface area contributed by atoms with Crippen LogP contribution in [0.5, 0.6) is 11.5 Å². The molecule has 0 saturated heterocycles. The summed E-state index contributed by atoms with van der Waals surface area (Å²) in [5.74, 6) is 0.581. The molecular formula is C27H29NO5. The van der Waals surface area contributed by atoms with Crippen LogP contribution in [0.4, 0.5) is 0 Å². The van der Waals surface area contributed by atoms with Crippen molar-refractivity contribution in [2.24, 2.45) is 0 Å². The first kappa shape index (κ1) is 22.6. The summed E-state index contributed by atoms with van der Waals surface area (Å²) in [5, 5.41) is 3.37. The van der Waals surface area contributed by atoms with Gasteiger partial charge in [0.25, 0.3) is 0 Å². The molecule has 2 aromatic carbocycles. The molecule has 0 radical (unpaired) electrons. The third-order valence-electron chi connectivity index (χ3n) is 6.32. The average Bonchev–Trinajstić information content (AvgIpc) is 2.83. The number of methoxy groups -OCH3 is 2. The van der Waals surface area contributed by atoms with Gasteiger partial charge in [0.05, 0.1) is 26.4 Å². The summed E-state index contributed by atoms with van der Waals surface area (Å²) in [6, 6.07) is 15.4. The van der Waals surface area contributed by atoms with E-state index in [2.05, 4.69) is 5.32 Å². The Balaban J connectivity index is 1.80. The van der Waals surface area contributed by atoms with Gasteiger partial charge in [-0.1, -0.05) is 24.3 Å². The van der Waals surface area contributed by atoms with Gasteiger partial charge in [-0.2, -0.15) is 0 Å². The third-order valence-corrected chi connectivity index (χ3v) is 6.32. The van der Waals surface area contributed by atoms with Crippen molar-refractivity contribution in [3.8, 4) is 11.5 Å². The van der Waals surface area contributed by atoms with Crippen LogP contribution >= 0.6 is 0 Å². The van der Waals surface area contributed by atoms with Crippen LogP contribution in [0.2, 0.25) is 0 Å². The molecule has 1 aliphatic heterocycles. The van der Waals surface area contributed by atoms with E-state index in [0.717, 1.165) is 22.6 Å². The molecule has 0 spiro atoms. The molecular weight excluding hydrogens is 418 g/mol. The maximum atomic E-state index is 13.6. The number of carbonyl (C=O) groups excluding carboxylic acids is 2. The van der Waals surface area contributed by atoms with Crippen LogP contribution in [0.3, 0.4) is 0 Å². The van der Waals surface area contributed by atoms with E-state index in [9.17, 15) is 9.59 Å². The fourth-order valence-corrected chi connectivity index (χ4v) is 4.80. The number of hydrogen-bond donors (Lipinski definition) is 1. The molecule has 0 bridgehead atoms. The maximum absolute atomic E-state index is 13.6. The lowest BCUT2D eigenvalue weighted by Gasteiger charge is -2.36. The molecule has 2 aromatic rings. The minimum absolute atomic E-state index is 0.0266. The maximum Gasteiger partial charge on any atom is 0.336 e.